The summed E-state index contributed by atoms with van der Waals surface area (Å²) in [5.41, 5.74) is 6.55. The van der Waals surface area contributed by atoms with Crippen molar-refractivity contribution in [2.45, 2.75) is 32.3 Å². The van der Waals surface area contributed by atoms with Crippen LogP contribution in [0.15, 0.2) is 55.0 Å². The fourth-order valence-corrected chi connectivity index (χ4v) is 5.19. The van der Waals surface area contributed by atoms with Gasteiger partial charge in [-0.2, -0.15) is 0 Å². The first-order valence-electron chi connectivity index (χ1n) is 12.7. The Morgan fingerprint density at radius 2 is 1.97 bits per heavy atom. The van der Waals surface area contributed by atoms with Gasteiger partial charge in [-0.1, -0.05) is 12.1 Å². The van der Waals surface area contributed by atoms with Crippen LogP contribution < -0.4 is 10.2 Å². The number of pyridine rings is 2. The summed E-state index contributed by atoms with van der Waals surface area (Å²) in [6, 6.07) is 14.3. The van der Waals surface area contributed by atoms with Crippen LogP contribution in [0.25, 0.3) is 33.5 Å². The molecular weight excluding hydrogens is 452 g/mol. The average molecular weight is 483 g/mol. The van der Waals surface area contributed by atoms with Gasteiger partial charge in [0.05, 0.1) is 46.7 Å². The van der Waals surface area contributed by atoms with Gasteiger partial charge in [0.25, 0.3) is 0 Å². The van der Waals surface area contributed by atoms with Crippen LogP contribution in [0.5, 0.6) is 0 Å². The van der Waals surface area contributed by atoms with Crippen molar-refractivity contribution in [3.05, 3.63) is 60.7 Å². The van der Waals surface area contributed by atoms with Gasteiger partial charge < -0.3 is 19.9 Å². The Morgan fingerprint density at radius 1 is 1.08 bits per heavy atom. The molecule has 2 N–H and O–H groups in total. The lowest BCUT2D eigenvalue weighted by Gasteiger charge is -2.24. The number of H-pyrrole nitrogens is 1. The van der Waals surface area contributed by atoms with Gasteiger partial charge in [-0.25, -0.2) is 4.98 Å². The van der Waals surface area contributed by atoms with E-state index in [-0.39, 0.29) is 18.0 Å². The number of carbonyl (C=O) groups is 1. The van der Waals surface area contributed by atoms with Gasteiger partial charge in [-0.15, -0.1) is 0 Å². The molecule has 2 aliphatic heterocycles. The molecule has 2 saturated heterocycles. The highest BCUT2D eigenvalue weighted by Gasteiger charge is 2.31. The number of esters is 1. The van der Waals surface area contributed by atoms with Crippen molar-refractivity contribution >= 4 is 22.6 Å². The van der Waals surface area contributed by atoms with Crippen molar-refractivity contribution in [1.29, 1.82) is 0 Å². The molecule has 0 bridgehead atoms. The number of rotatable bonds is 5. The predicted octanol–water partition coefficient (Wildman–Crippen LogP) is 4.12. The van der Waals surface area contributed by atoms with E-state index in [4.69, 9.17) is 9.72 Å². The summed E-state index contributed by atoms with van der Waals surface area (Å²) in [4.78, 5) is 32.2. The Labute approximate surface area is 210 Å². The van der Waals surface area contributed by atoms with Crippen molar-refractivity contribution in [2.24, 2.45) is 5.92 Å². The molecule has 5 heterocycles. The lowest BCUT2D eigenvalue weighted by atomic mass is 10.0. The van der Waals surface area contributed by atoms with Crippen molar-refractivity contribution in [3.63, 3.8) is 0 Å². The summed E-state index contributed by atoms with van der Waals surface area (Å²) in [7, 11) is 0. The predicted molar refractivity (Wildman–Crippen MR) is 140 cm³/mol. The minimum Gasteiger partial charge on any atom is -0.462 e. The van der Waals surface area contributed by atoms with E-state index in [2.05, 4.69) is 37.3 Å². The zero-order chi connectivity index (χ0) is 24.5. The topological polar surface area (TPSA) is 96.0 Å². The number of benzene rings is 1. The van der Waals surface area contributed by atoms with E-state index in [9.17, 15) is 4.79 Å². The van der Waals surface area contributed by atoms with E-state index in [0.717, 1.165) is 83.8 Å². The van der Waals surface area contributed by atoms with Gasteiger partial charge in [-0.3, -0.25) is 14.8 Å². The number of fused-ring (bicyclic) bond motifs is 1. The lowest BCUT2D eigenvalue weighted by Crippen LogP contribution is -2.35. The number of aryl methyl sites for hydroxylation is 1. The standard InChI is InChI=1S/C28H30N6O2/c1-18-3-2-4-25(33-18)27-26(31-17-32-27)19-5-6-24-21(13-19)14-22(15-30-24)34-12-9-20(16-34)28(35)36-23-7-10-29-11-8-23/h2-6,13-15,17,20,23,29H,7-12,16H2,1H3,(H,31,32)/t20-/m1/s1. The smallest absolute Gasteiger partial charge is 0.311 e. The number of carbonyl (C=O) groups excluding carboxylic acids is 1. The van der Waals surface area contributed by atoms with Gasteiger partial charge >= 0.3 is 5.97 Å². The highest BCUT2D eigenvalue weighted by atomic mass is 16.5. The highest BCUT2D eigenvalue weighted by molar-refractivity contribution is 5.88. The van der Waals surface area contributed by atoms with Crippen molar-refractivity contribution in [1.82, 2.24) is 25.3 Å². The maximum absolute atomic E-state index is 12.7. The molecule has 0 aliphatic carbocycles. The second kappa shape index (κ2) is 9.70. The van der Waals surface area contributed by atoms with E-state index in [1.807, 2.05) is 43.5 Å². The zero-order valence-corrected chi connectivity index (χ0v) is 20.4. The number of ether oxygens (including phenoxy) is 1. The van der Waals surface area contributed by atoms with Crippen LogP contribution in [0.4, 0.5) is 5.69 Å². The normalized spacial score (nSPS) is 18.6. The molecule has 4 aromatic rings. The first kappa shape index (κ1) is 22.7. The second-order valence-corrected chi connectivity index (χ2v) is 9.71. The number of anilines is 1. The van der Waals surface area contributed by atoms with Crippen LogP contribution in [-0.4, -0.2) is 58.2 Å². The van der Waals surface area contributed by atoms with E-state index in [1.54, 1.807) is 6.33 Å². The highest BCUT2D eigenvalue weighted by Crippen LogP contribution is 2.32. The minimum atomic E-state index is -0.0876. The summed E-state index contributed by atoms with van der Waals surface area (Å²) < 4.78 is 5.81. The molecule has 1 atom stereocenters. The molecular formula is C28H30N6O2. The van der Waals surface area contributed by atoms with Crippen molar-refractivity contribution in [3.8, 4) is 22.6 Å². The van der Waals surface area contributed by atoms with E-state index >= 15 is 0 Å². The molecule has 0 radical (unpaired) electrons. The van der Waals surface area contributed by atoms with Crippen LogP contribution in [0, 0.1) is 12.8 Å². The number of nitrogens with zero attached hydrogens (tertiary/aromatic N) is 4. The Hall–Kier alpha value is -3.78. The number of hydrogen-bond donors (Lipinski definition) is 2. The van der Waals surface area contributed by atoms with Gasteiger partial charge in [0.15, 0.2) is 0 Å². The fraction of sp³-hybridized carbons (Fsp3) is 0.357. The molecule has 2 fully saturated rings. The minimum absolute atomic E-state index is 0.0514. The first-order valence-corrected chi connectivity index (χ1v) is 12.7. The Kier molecular flexibility index (Phi) is 6.11. The molecule has 184 valence electrons. The summed E-state index contributed by atoms with van der Waals surface area (Å²) in [6.07, 6.45) is 6.27. The molecule has 0 amide bonds. The monoisotopic (exact) mass is 482 g/mol. The van der Waals surface area contributed by atoms with Gasteiger partial charge in [0, 0.05) is 29.7 Å². The fourth-order valence-electron chi connectivity index (χ4n) is 5.19. The molecule has 3 aromatic heterocycles. The van der Waals surface area contributed by atoms with Crippen LogP contribution in [0.1, 0.15) is 25.0 Å². The van der Waals surface area contributed by atoms with E-state index in [0.29, 0.717) is 6.54 Å². The third-order valence-electron chi connectivity index (χ3n) is 7.18. The molecule has 1 aromatic carbocycles. The molecule has 8 nitrogen and oxygen atoms in total. The number of piperidine rings is 1. The van der Waals surface area contributed by atoms with Crippen LogP contribution in [0.3, 0.4) is 0 Å². The van der Waals surface area contributed by atoms with E-state index in [1.165, 1.54) is 0 Å². The number of hydrogen-bond acceptors (Lipinski definition) is 7. The average Bonchev–Trinajstić information content (AvgIpc) is 3.59. The van der Waals surface area contributed by atoms with Crippen LogP contribution in [0.2, 0.25) is 0 Å². The van der Waals surface area contributed by atoms with Crippen LogP contribution >= 0.6 is 0 Å². The second-order valence-electron chi connectivity index (χ2n) is 9.71. The molecule has 0 saturated carbocycles. The Balaban J connectivity index is 1.22. The van der Waals surface area contributed by atoms with Crippen molar-refractivity contribution < 1.29 is 9.53 Å². The summed E-state index contributed by atoms with van der Waals surface area (Å²) in [5.74, 6) is -0.147. The molecule has 8 heteroatoms. The largest absolute Gasteiger partial charge is 0.462 e. The molecule has 0 unspecified atom stereocenters. The Morgan fingerprint density at radius 3 is 2.83 bits per heavy atom. The number of aromatic nitrogens is 4. The maximum Gasteiger partial charge on any atom is 0.311 e. The van der Waals surface area contributed by atoms with Gasteiger partial charge in [0.2, 0.25) is 0 Å². The van der Waals surface area contributed by atoms with E-state index < -0.39 is 0 Å². The van der Waals surface area contributed by atoms with Gasteiger partial charge in [0.1, 0.15) is 6.10 Å². The third kappa shape index (κ3) is 4.56. The third-order valence-corrected chi connectivity index (χ3v) is 7.18. The van der Waals surface area contributed by atoms with Crippen molar-refractivity contribution in [2.75, 3.05) is 31.1 Å². The molecule has 0 spiro atoms. The zero-order valence-electron chi connectivity index (χ0n) is 20.4. The first-order chi connectivity index (χ1) is 17.6. The summed E-state index contributed by atoms with van der Waals surface area (Å²) >= 11 is 0. The summed E-state index contributed by atoms with van der Waals surface area (Å²) in [5, 5.41) is 4.35. The Bertz CT molecular complexity index is 1390. The molecule has 6 rings (SSSR count). The number of nitrogens with one attached hydrogen (secondary N) is 2. The quantitative estimate of drug-likeness (QED) is 0.413. The van der Waals surface area contributed by atoms with Crippen LogP contribution in [-0.2, 0) is 9.53 Å². The summed E-state index contributed by atoms with van der Waals surface area (Å²) in [6.45, 7) is 5.31. The number of imidazole rings is 1. The number of aromatic amines is 1. The lowest BCUT2D eigenvalue weighted by molar-refractivity contribution is -0.154. The maximum atomic E-state index is 12.7. The molecule has 36 heavy (non-hydrogen) atoms. The molecule has 2 aliphatic rings. The van der Waals surface area contributed by atoms with Gasteiger partial charge in [-0.05, 0) is 69.6 Å². The SMILES string of the molecule is Cc1cccc(-c2[nH]cnc2-c2ccc3ncc(N4CC[C@@H](C(=O)OC5CCNCC5)C4)cc3c2)n1.